The van der Waals surface area contributed by atoms with Crippen LogP contribution in [0.1, 0.15) is 40.9 Å². The zero-order valence-corrected chi connectivity index (χ0v) is 15.9. The molecule has 5 heteroatoms. The van der Waals surface area contributed by atoms with Crippen LogP contribution >= 0.6 is 11.3 Å². The van der Waals surface area contributed by atoms with Crippen molar-refractivity contribution in [3.63, 3.8) is 0 Å². The van der Waals surface area contributed by atoms with Crippen molar-refractivity contribution in [2.24, 2.45) is 5.92 Å². The van der Waals surface area contributed by atoms with E-state index in [2.05, 4.69) is 41.3 Å². The molecule has 0 aliphatic rings. The van der Waals surface area contributed by atoms with Gasteiger partial charge in [-0.3, -0.25) is 4.79 Å². The molecular formula is C21H21N3OS. The largest absolute Gasteiger partial charge is 0.341 e. The molecule has 0 bridgehead atoms. The van der Waals surface area contributed by atoms with Crippen molar-refractivity contribution < 1.29 is 4.79 Å². The van der Waals surface area contributed by atoms with E-state index in [0.717, 1.165) is 37.4 Å². The fraction of sp³-hybridized carbons (Fsp3) is 0.238. The molecule has 2 N–H and O–H groups in total. The Morgan fingerprint density at radius 2 is 1.85 bits per heavy atom. The number of aromatic nitrogens is 2. The molecule has 0 radical (unpaired) electrons. The minimum Gasteiger partial charge on any atom is -0.341 e. The number of para-hydroxylation sites is 2. The predicted molar refractivity (Wildman–Crippen MR) is 108 cm³/mol. The van der Waals surface area contributed by atoms with Gasteiger partial charge in [0.2, 0.25) is 0 Å². The quantitative estimate of drug-likeness (QED) is 0.523. The van der Waals surface area contributed by atoms with Crippen molar-refractivity contribution in [2.75, 3.05) is 0 Å². The Kier molecular flexibility index (Phi) is 4.24. The van der Waals surface area contributed by atoms with E-state index in [0.29, 0.717) is 0 Å². The molecule has 4 rings (SSSR count). The fourth-order valence-electron chi connectivity index (χ4n) is 3.27. The number of amides is 1. The third-order valence-electron chi connectivity index (χ3n) is 4.71. The van der Waals surface area contributed by atoms with Crippen LogP contribution in [0.5, 0.6) is 0 Å². The van der Waals surface area contributed by atoms with Gasteiger partial charge in [-0.2, -0.15) is 0 Å². The molecule has 4 nitrogen and oxygen atoms in total. The van der Waals surface area contributed by atoms with Gasteiger partial charge in [0.1, 0.15) is 5.82 Å². The summed E-state index contributed by atoms with van der Waals surface area (Å²) in [5, 5.41) is 4.34. The van der Waals surface area contributed by atoms with E-state index >= 15 is 0 Å². The lowest BCUT2D eigenvalue weighted by Crippen LogP contribution is -2.32. The first-order valence-electron chi connectivity index (χ1n) is 8.78. The van der Waals surface area contributed by atoms with Crippen molar-refractivity contribution >= 4 is 38.4 Å². The predicted octanol–water partition coefficient (Wildman–Crippen LogP) is 5.21. The van der Waals surface area contributed by atoms with Crippen LogP contribution in [0.2, 0.25) is 0 Å². The lowest BCUT2D eigenvalue weighted by molar-refractivity contribution is 0.0927. The summed E-state index contributed by atoms with van der Waals surface area (Å²) in [5.41, 5.74) is 2.94. The molecule has 1 amide bonds. The van der Waals surface area contributed by atoms with Gasteiger partial charge in [-0.25, -0.2) is 4.98 Å². The summed E-state index contributed by atoms with van der Waals surface area (Å²) in [5.74, 6) is 0.977. The summed E-state index contributed by atoms with van der Waals surface area (Å²) in [6.45, 7) is 6.20. The van der Waals surface area contributed by atoms with Gasteiger partial charge >= 0.3 is 0 Å². The van der Waals surface area contributed by atoms with Gasteiger partial charge in [-0.15, -0.1) is 11.3 Å². The van der Waals surface area contributed by atoms with Crippen LogP contribution in [-0.4, -0.2) is 15.9 Å². The molecule has 1 unspecified atom stereocenters. The van der Waals surface area contributed by atoms with Gasteiger partial charge in [-0.05, 0) is 42.0 Å². The van der Waals surface area contributed by atoms with Gasteiger partial charge in [-0.1, -0.05) is 44.2 Å². The summed E-state index contributed by atoms with van der Waals surface area (Å²) in [4.78, 5) is 21.8. The number of fused-ring (bicyclic) bond motifs is 2. The maximum absolute atomic E-state index is 13.0. The molecule has 0 spiro atoms. The number of nitrogens with one attached hydrogen (secondary N) is 2. The summed E-state index contributed by atoms with van der Waals surface area (Å²) in [7, 11) is 0. The average molecular weight is 363 g/mol. The molecule has 0 saturated heterocycles. The molecule has 0 saturated carbocycles. The Morgan fingerprint density at radius 1 is 1.12 bits per heavy atom. The Morgan fingerprint density at radius 3 is 2.58 bits per heavy atom. The van der Waals surface area contributed by atoms with Crippen molar-refractivity contribution in [2.45, 2.75) is 26.8 Å². The van der Waals surface area contributed by atoms with E-state index in [1.807, 2.05) is 43.3 Å². The van der Waals surface area contributed by atoms with Crippen LogP contribution in [0.25, 0.3) is 21.1 Å². The average Bonchev–Trinajstić information content (AvgIpc) is 3.21. The minimum absolute atomic E-state index is 0.0390. The Labute approximate surface area is 156 Å². The lowest BCUT2D eigenvalue weighted by atomic mass is 10.0. The monoisotopic (exact) mass is 363 g/mol. The summed E-state index contributed by atoms with van der Waals surface area (Å²) in [6, 6.07) is 15.9. The van der Waals surface area contributed by atoms with Crippen molar-refractivity contribution in [3.8, 4) is 0 Å². The molecule has 26 heavy (non-hydrogen) atoms. The number of carbonyl (C=O) groups is 1. The number of hydrogen-bond acceptors (Lipinski definition) is 3. The fourth-order valence-corrected chi connectivity index (χ4v) is 4.38. The normalized spacial score (nSPS) is 12.8. The Balaban J connectivity index is 1.67. The molecule has 0 aliphatic heterocycles. The number of aromatic amines is 1. The smallest absolute Gasteiger partial charge is 0.262 e. The van der Waals surface area contributed by atoms with Crippen LogP contribution in [-0.2, 0) is 0 Å². The van der Waals surface area contributed by atoms with Crippen molar-refractivity contribution in [1.82, 2.24) is 15.3 Å². The van der Waals surface area contributed by atoms with Crippen LogP contribution in [0.15, 0.2) is 48.5 Å². The molecule has 2 heterocycles. The maximum Gasteiger partial charge on any atom is 0.262 e. The first-order chi connectivity index (χ1) is 12.5. The van der Waals surface area contributed by atoms with Gasteiger partial charge in [0, 0.05) is 4.70 Å². The van der Waals surface area contributed by atoms with Gasteiger partial charge in [0.05, 0.1) is 22.0 Å². The van der Waals surface area contributed by atoms with E-state index < -0.39 is 0 Å². The van der Waals surface area contributed by atoms with Crippen LogP contribution in [0.3, 0.4) is 0 Å². The van der Waals surface area contributed by atoms with Crippen LogP contribution < -0.4 is 5.32 Å². The van der Waals surface area contributed by atoms with Crippen molar-refractivity contribution in [3.05, 3.63) is 64.8 Å². The van der Waals surface area contributed by atoms with Gasteiger partial charge < -0.3 is 10.3 Å². The number of carbonyl (C=O) groups excluding carboxylic acids is 1. The third kappa shape index (κ3) is 2.88. The highest BCUT2D eigenvalue weighted by atomic mass is 32.1. The highest BCUT2D eigenvalue weighted by Gasteiger charge is 2.24. The topological polar surface area (TPSA) is 57.8 Å². The van der Waals surface area contributed by atoms with E-state index in [-0.39, 0.29) is 17.9 Å². The number of imidazole rings is 1. The highest BCUT2D eigenvalue weighted by Crippen LogP contribution is 2.31. The maximum atomic E-state index is 13.0. The highest BCUT2D eigenvalue weighted by molar-refractivity contribution is 7.21. The zero-order chi connectivity index (χ0) is 18.3. The Bertz CT molecular complexity index is 1060. The molecule has 0 fully saturated rings. The van der Waals surface area contributed by atoms with Crippen LogP contribution in [0.4, 0.5) is 0 Å². The number of nitrogens with zero attached hydrogens (tertiary/aromatic N) is 1. The first kappa shape index (κ1) is 16.8. The molecule has 0 aliphatic carbocycles. The molecule has 4 aromatic rings. The molecule has 2 aromatic heterocycles. The number of rotatable bonds is 4. The van der Waals surface area contributed by atoms with Gasteiger partial charge in [0.15, 0.2) is 0 Å². The van der Waals surface area contributed by atoms with Crippen LogP contribution in [0, 0.1) is 12.8 Å². The second-order valence-corrected chi connectivity index (χ2v) is 7.94. The third-order valence-corrected chi connectivity index (χ3v) is 5.98. The second-order valence-electron chi connectivity index (χ2n) is 6.89. The lowest BCUT2D eigenvalue weighted by Gasteiger charge is -2.20. The molecular weight excluding hydrogens is 342 g/mol. The SMILES string of the molecule is Cc1c(C(=O)NC(c2nc3ccccc3[nH]2)C(C)C)sc2ccccc12. The summed E-state index contributed by atoms with van der Waals surface area (Å²) < 4.78 is 1.14. The number of thiophene rings is 1. The summed E-state index contributed by atoms with van der Waals surface area (Å²) >= 11 is 1.54. The summed E-state index contributed by atoms with van der Waals surface area (Å²) in [6.07, 6.45) is 0. The van der Waals surface area contributed by atoms with Gasteiger partial charge in [0.25, 0.3) is 5.91 Å². The molecule has 2 aromatic carbocycles. The molecule has 132 valence electrons. The van der Waals surface area contributed by atoms with E-state index in [9.17, 15) is 4.79 Å². The Hall–Kier alpha value is -2.66. The standard InChI is InChI=1S/C21H21N3OS/c1-12(2)18(20-22-15-9-5-6-10-16(15)23-20)24-21(25)19-13(3)14-8-4-7-11-17(14)26-19/h4-12,18H,1-3H3,(H,22,23)(H,24,25). The van der Waals surface area contributed by atoms with E-state index in [4.69, 9.17) is 0 Å². The first-order valence-corrected chi connectivity index (χ1v) is 9.60. The number of H-pyrrole nitrogens is 1. The minimum atomic E-state index is -0.167. The second kappa shape index (κ2) is 6.57. The zero-order valence-electron chi connectivity index (χ0n) is 15.0. The number of hydrogen-bond donors (Lipinski definition) is 2. The number of aryl methyl sites for hydroxylation is 1. The van der Waals surface area contributed by atoms with E-state index in [1.165, 1.54) is 0 Å². The number of benzene rings is 2. The molecule has 1 atom stereocenters. The van der Waals surface area contributed by atoms with E-state index in [1.54, 1.807) is 11.3 Å². The van der Waals surface area contributed by atoms with Crippen molar-refractivity contribution in [1.29, 1.82) is 0 Å².